The lowest BCUT2D eigenvalue weighted by atomic mass is 10.6. The first-order valence-corrected chi connectivity index (χ1v) is 5.44. The van der Waals surface area contributed by atoms with Crippen LogP contribution in [-0.2, 0) is 0 Å². The molecule has 94 valence electrons. The van der Waals surface area contributed by atoms with Crippen molar-refractivity contribution in [1.29, 1.82) is 0 Å². The lowest BCUT2D eigenvalue weighted by Crippen LogP contribution is -2.08. The van der Waals surface area contributed by atoms with Gasteiger partial charge in [-0.05, 0) is 18.5 Å². The second kappa shape index (κ2) is 5.41. The molecule has 0 atom stereocenters. The quantitative estimate of drug-likeness (QED) is 0.846. The van der Waals surface area contributed by atoms with Crippen LogP contribution in [-0.4, -0.2) is 31.7 Å². The summed E-state index contributed by atoms with van der Waals surface area (Å²) in [7, 11) is 0. The highest BCUT2D eigenvalue weighted by atomic mass is 35.5. The van der Waals surface area contributed by atoms with Crippen molar-refractivity contribution in [3.05, 3.63) is 27.8 Å². The molecule has 2 aromatic rings. The zero-order valence-corrected chi connectivity index (χ0v) is 10.1. The van der Waals surface area contributed by atoms with Crippen LogP contribution < -0.4 is 15.6 Å². The maximum atomic E-state index is 10.8. The Hall–Kier alpha value is -2.22. The van der Waals surface area contributed by atoms with E-state index in [1.54, 1.807) is 0 Å². The largest absolute Gasteiger partial charge is 0.403 e. The van der Waals surface area contributed by atoms with E-state index < -0.39 is 0 Å². The number of halogens is 1. The molecule has 0 fully saturated rings. The average molecular weight is 269 g/mol. The minimum absolute atomic E-state index is 0.000347. The van der Waals surface area contributed by atoms with E-state index in [0.29, 0.717) is 12.5 Å². The van der Waals surface area contributed by atoms with Gasteiger partial charge in [-0.2, -0.15) is 15.0 Å². The number of nitrogens with zero attached hydrogens (tertiary/aromatic N) is 4. The SMILES string of the molecule is CCNc1nc(Cl)nc(Oc2ccc(=O)[nH]n2)n1. The Kier molecular flexibility index (Phi) is 3.68. The molecule has 0 saturated carbocycles. The zero-order chi connectivity index (χ0) is 13.0. The molecule has 2 N–H and O–H groups in total. The van der Waals surface area contributed by atoms with E-state index in [1.807, 2.05) is 6.92 Å². The Morgan fingerprint density at radius 1 is 1.39 bits per heavy atom. The maximum absolute atomic E-state index is 10.8. The Bertz CT molecular complexity index is 581. The van der Waals surface area contributed by atoms with Gasteiger partial charge in [-0.25, -0.2) is 5.10 Å². The second-order valence-corrected chi connectivity index (χ2v) is 3.44. The van der Waals surface area contributed by atoms with E-state index in [9.17, 15) is 4.79 Å². The molecule has 2 rings (SSSR count). The summed E-state index contributed by atoms with van der Waals surface area (Å²) in [6.07, 6.45) is 0. The topological polar surface area (TPSA) is 106 Å². The summed E-state index contributed by atoms with van der Waals surface area (Å²) in [6.45, 7) is 2.53. The van der Waals surface area contributed by atoms with Crippen molar-refractivity contribution in [2.45, 2.75) is 6.92 Å². The van der Waals surface area contributed by atoms with Crippen molar-refractivity contribution < 1.29 is 4.74 Å². The molecule has 0 aromatic carbocycles. The van der Waals surface area contributed by atoms with Crippen molar-refractivity contribution in [3.8, 4) is 11.9 Å². The molecule has 0 aliphatic heterocycles. The van der Waals surface area contributed by atoms with E-state index in [2.05, 4.69) is 30.5 Å². The monoisotopic (exact) mass is 268 g/mol. The lowest BCUT2D eigenvalue weighted by molar-refractivity contribution is 0.417. The summed E-state index contributed by atoms with van der Waals surface area (Å²) in [4.78, 5) is 22.4. The third-order valence-electron chi connectivity index (χ3n) is 1.77. The highest BCUT2D eigenvalue weighted by molar-refractivity contribution is 6.28. The van der Waals surface area contributed by atoms with Crippen LogP contribution in [0.1, 0.15) is 6.92 Å². The van der Waals surface area contributed by atoms with Crippen LogP contribution in [0.2, 0.25) is 5.28 Å². The molecule has 0 aliphatic carbocycles. The highest BCUT2D eigenvalue weighted by Crippen LogP contribution is 2.16. The van der Waals surface area contributed by atoms with Crippen molar-refractivity contribution in [2.75, 3.05) is 11.9 Å². The number of aromatic amines is 1. The predicted molar refractivity (Wildman–Crippen MR) is 63.9 cm³/mol. The fourth-order valence-corrected chi connectivity index (χ4v) is 1.25. The van der Waals surface area contributed by atoms with E-state index in [1.165, 1.54) is 12.1 Å². The van der Waals surface area contributed by atoms with Gasteiger partial charge in [0.1, 0.15) is 0 Å². The number of hydrogen-bond acceptors (Lipinski definition) is 7. The molecule has 0 radical (unpaired) electrons. The van der Waals surface area contributed by atoms with Crippen molar-refractivity contribution in [1.82, 2.24) is 25.1 Å². The predicted octanol–water partition coefficient (Wildman–Crippen LogP) is 0.832. The summed E-state index contributed by atoms with van der Waals surface area (Å²) in [5.74, 6) is 0.455. The molecule has 18 heavy (non-hydrogen) atoms. The number of nitrogens with one attached hydrogen (secondary N) is 2. The summed E-state index contributed by atoms with van der Waals surface area (Å²) in [6, 6.07) is 2.66. The number of hydrogen-bond donors (Lipinski definition) is 2. The van der Waals surface area contributed by atoms with Gasteiger partial charge in [-0.1, -0.05) is 0 Å². The molecule has 9 heteroatoms. The number of anilines is 1. The molecule has 8 nitrogen and oxygen atoms in total. The second-order valence-electron chi connectivity index (χ2n) is 3.10. The van der Waals surface area contributed by atoms with Gasteiger partial charge in [-0.3, -0.25) is 4.79 Å². The Morgan fingerprint density at radius 3 is 2.89 bits per heavy atom. The fourth-order valence-electron chi connectivity index (χ4n) is 1.10. The molecular weight excluding hydrogens is 260 g/mol. The van der Waals surface area contributed by atoms with Crippen LogP contribution >= 0.6 is 11.6 Å². The van der Waals surface area contributed by atoms with Crippen LogP contribution in [0, 0.1) is 0 Å². The molecule has 0 amide bonds. The van der Waals surface area contributed by atoms with Gasteiger partial charge in [0.15, 0.2) is 0 Å². The molecule has 0 bridgehead atoms. The number of ether oxygens (including phenoxy) is 1. The zero-order valence-electron chi connectivity index (χ0n) is 9.35. The minimum atomic E-state index is -0.329. The Morgan fingerprint density at radius 2 is 2.22 bits per heavy atom. The van der Waals surface area contributed by atoms with Crippen LogP contribution in [0.4, 0.5) is 5.95 Å². The summed E-state index contributed by atoms with van der Waals surface area (Å²) in [5.41, 5.74) is -0.329. The third-order valence-corrected chi connectivity index (χ3v) is 1.94. The molecule has 0 unspecified atom stereocenters. The van der Waals surface area contributed by atoms with E-state index in [-0.39, 0.29) is 22.7 Å². The van der Waals surface area contributed by atoms with Crippen molar-refractivity contribution in [3.63, 3.8) is 0 Å². The molecule has 2 aromatic heterocycles. The van der Waals surface area contributed by atoms with Gasteiger partial charge in [0, 0.05) is 18.7 Å². The van der Waals surface area contributed by atoms with Crippen LogP contribution in [0.15, 0.2) is 16.9 Å². The first kappa shape index (κ1) is 12.2. The van der Waals surface area contributed by atoms with Gasteiger partial charge in [0.25, 0.3) is 5.56 Å². The van der Waals surface area contributed by atoms with E-state index in [0.717, 1.165) is 0 Å². The van der Waals surface area contributed by atoms with Gasteiger partial charge in [-0.15, -0.1) is 5.10 Å². The Labute approximate surface area is 106 Å². The van der Waals surface area contributed by atoms with Crippen molar-refractivity contribution >= 4 is 17.5 Å². The summed E-state index contributed by atoms with van der Waals surface area (Å²) in [5, 5.41) is 8.76. The number of H-pyrrole nitrogens is 1. The van der Waals surface area contributed by atoms with Gasteiger partial charge >= 0.3 is 6.01 Å². The van der Waals surface area contributed by atoms with E-state index >= 15 is 0 Å². The maximum Gasteiger partial charge on any atom is 0.329 e. The fraction of sp³-hybridized carbons (Fsp3) is 0.222. The lowest BCUT2D eigenvalue weighted by Gasteiger charge is -2.04. The standard InChI is InChI=1S/C9H9ClN6O2/c1-2-11-8-12-7(10)13-9(14-8)18-6-4-3-5(17)15-16-6/h3-4H,2H2,1H3,(H,15,17)(H,11,12,13,14). The first-order chi connectivity index (χ1) is 8.67. The smallest absolute Gasteiger partial charge is 0.329 e. The summed E-state index contributed by atoms with van der Waals surface area (Å²) >= 11 is 5.72. The average Bonchev–Trinajstić information content (AvgIpc) is 2.32. The van der Waals surface area contributed by atoms with E-state index in [4.69, 9.17) is 16.3 Å². The third kappa shape index (κ3) is 3.14. The molecule has 0 saturated heterocycles. The minimum Gasteiger partial charge on any atom is -0.403 e. The number of rotatable bonds is 4. The molecule has 0 aliphatic rings. The van der Waals surface area contributed by atoms with Crippen LogP contribution in [0.5, 0.6) is 11.9 Å². The van der Waals surface area contributed by atoms with Gasteiger partial charge in [0.2, 0.25) is 17.1 Å². The first-order valence-electron chi connectivity index (χ1n) is 5.06. The number of aromatic nitrogens is 5. The molecular formula is C9H9ClN6O2. The van der Waals surface area contributed by atoms with Crippen LogP contribution in [0.25, 0.3) is 0 Å². The molecule has 0 spiro atoms. The van der Waals surface area contributed by atoms with Gasteiger partial charge in [0.05, 0.1) is 0 Å². The normalized spacial score (nSPS) is 10.1. The van der Waals surface area contributed by atoms with Crippen molar-refractivity contribution in [2.24, 2.45) is 0 Å². The Balaban J connectivity index is 2.22. The highest BCUT2D eigenvalue weighted by Gasteiger charge is 2.07. The van der Waals surface area contributed by atoms with Gasteiger partial charge < -0.3 is 10.1 Å². The summed E-state index contributed by atoms with van der Waals surface area (Å²) < 4.78 is 5.23. The molecule has 2 heterocycles. The van der Waals surface area contributed by atoms with Crippen LogP contribution in [0.3, 0.4) is 0 Å².